The molecule has 2 atom stereocenters. The van der Waals surface area contributed by atoms with Gasteiger partial charge in [0.1, 0.15) is 0 Å². The van der Waals surface area contributed by atoms with Crippen LogP contribution in [0.3, 0.4) is 0 Å². The Labute approximate surface area is 50.6 Å². The average molecular weight is 107 g/mol. The topological polar surface area (TPSA) is 0 Å². The minimum absolute atomic E-state index is 0.940. The number of hydrogen-bond acceptors (Lipinski definition) is 0. The van der Waals surface area contributed by atoms with E-state index in [0.29, 0.717) is 0 Å². The third kappa shape index (κ3) is 0.521. The van der Waals surface area contributed by atoms with Crippen molar-refractivity contribution in [3.8, 4) is 0 Å². The molecule has 0 saturated heterocycles. The maximum atomic E-state index is 3.30. The second-order valence-electron chi connectivity index (χ2n) is 2.93. The summed E-state index contributed by atoms with van der Waals surface area (Å²) < 4.78 is 0. The van der Waals surface area contributed by atoms with Gasteiger partial charge in [0.25, 0.3) is 0 Å². The van der Waals surface area contributed by atoms with Crippen LogP contribution < -0.4 is 0 Å². The van der Waals surface area contributed by atoms with Crippen LogP contribution in [0.25, 0.3) is 0 Å². The molecular weight excluding hydrogens is 96.1 g/mol. The molecule has 2 unspecified atom stereocenters. The smallest absolute Gasteiger partial charge is 0.0196 e. The lowest BCUT2D eigenvalue weighted by molar-refractivity contribution is 0.494. The van der Waals surface area contributed by atoms with Crippen LogP contribution >= 0.6 is 0 Å². The van der Waals surface area contributed by atoms with Gasteiger partial charge in [-0.25, -0.2) is 0 Å². The van der Waals surface area contributed by atoms with E-state index in [0.717, 1.165) is 11.8 Å². The van der Waals surface area contributed by atoms with Gasteiger partial charge in [0.15, 0.2) is 0 Å². The van der Waals surface area contributed by atoms with Crippen molar-refractivity contribution < 1.29 is 0 Å². The molecule has 0 spiro atoms. The second-order valence-corrected chi connectivity index (χ2v) is 2.93. The van der Waals surface area contributed by atoms with E-state index in [1.807, 2.05) is 0 Å². The molecular formula is C8H11. The highest BCUT2D eigenvalue weighted by molar-refractivity contribution is 4.98. The van der Waals surface area contributed by atoms with Crippen LogP contribution in [0.5, 0.6) is 0 Å². The van der Waals surface area contributed by atoms with Gasteiger partial charge in [-0.15, -0.1) is 0 Å². The Bertz CT molecular complexity index is 113. The summed E-state index contributed by atoms with van der Waals surface area (Å²) in [5, 5.41) is 0. The van der Waals surface area contributed by atoms with Crippen molar-refractivity contribution >= 4 is 0 Å². The fourth-order valence-electron chi connectivity index (χ4n) is 1.91. The first-order valence-corrected chi connectivity index (χ1v) is 3.53. The lowest BCUT2D eigenvalue weighted by Gasteiger charge is -2.04. The van der Waals surface area contributed by atoms with Crippen molar-refractivity contribution in [2.75, 3.05) is 0 Å². The largest absolute Gasteiger partial charge is 0.0776 e. The molecule has 2 aliphatic carbocycles. The third-order valence-electron chi connectivity index (χ3n) is 2.43. The molecule has 8 heavy (non-hydrogen) atoms. The normalized spacial score (nSPS) is 43.0. The molecule has 0 heteroatoms. The highest BCUT2D eigenvalue weighted by atomic mass is 14.3. The minimum Gasteiger partial charge on any atom is -0.0776 e. The summed E-state index contributed by atoms with van der Waals surface area (Å²) in [6.07, 6.45) is 11.2. The zero-order chi connectivity index (χ0) is 5.40. The van der Waals surface area contributed by atoms with E-state index >= 15 is 0 Å². The molecule has 2 rings (SSSR count). The van der Waals surface area contributed by atoms with Gasteiger partial charge in [0.05, 0.1) is 0 Å². The van der Waals surface area contributed by atoms with Gasteiger partial charge in [0.2, 0.25) is 0 Å². The first-order chi connectivity index (χ1) is 3.97. The van der Waals surface area contributed by atoms with Crippen molar-refractivity contribution in [1.82, 2.24) is 0 Å². The summed E-state index contributed by atoms with van der Waals surface area (Å²) in [5.74, 6) is 1.95. The average Bonchev–Trinajstić information content (AvgIpc) is 2.15. The maximum absolute atomic E-state index is 3.30. The minimum atomic E-state index is 0.940. The molecule has 0 N–H and O–H groups in total. The molecule has 0 aliphatic heterocycles. The molecule has 0 aromatic carbocycles. The van der Waals surface area contributed by atoms with E-state index in [1.54, 1.807) is 0 Å². The lowest BCUT2D eigenvalue weighted by Crippen LogP contribution is -1.96. The van der Waals surface area contributed by atoms with E-state index in [4.69, 9.17) is 0 Å². The molecule has 43 valence electrons. The highest BCUT2D eigenvalue weighted by Crippen LogP contribution is 2.38. The summed E-state index contributed by atoms with van der Waals surface area (Å²) >= 11 is 0. The Morgan fingerprint density at radius 1 is 1.38 bits per heavy atom. The maximum Gasteiger partial charge on any atom is -0.0196 e. The third-order valence-corrected chi connectivity index (χ3v) is 2.43. The lowest BCUT2D eigenvalue weighted by atomic mass is 10.0. The van der Waals surface area contributed by atoms with Crippen LogP contribution in [0.2, 0.25) is 0 Å². The molecule has 0 aromatic rings. The molecule has 0 aromatic heterocycles. The standard InChI is InChI=1S/C8H11/c1-3-7-5-2-6-8(7)4-1/h5,7-8H,1,3-4,6H2. The van der Waals surface area contributed by atoms with Crippen LogP contribution in [0.15, 0.2) is 6.08 Å². The Balaban J connectivity index is 2.13. The van der Waals surface area contributed by atoms with Crippen LogP contribution in [0, 0.1) is 17.9 Å². The summed E-state index contributed by atoms with van der Waals surface area (Å²) in [6.45, 7) is 0. The van der Waals surface area contributed by atoms with Crippen LogP contribution in [-0.4, -0.2) is 0 Å². The molecule has 0 heterocycles. The second kappa shape index (κ2) is 1.61. The van der Waals surface area contributed by atoms with E-state index in [-0.39, 0.29) is 0 Å². The van der Waals surface area contributed by atoms with Gasteiger partial charge in [-0.2, -0.15) is 0 Å². The van der Waals surface area contributed by atoms with Crippen molar-refractivity contribution in [2.24, 2.45) is 11.8 Å². The summed E-state index contributed by atoms with van der Waals surface area (Å²) in [4.78, 5) is 0. The van der Waals surface area contributed by atoms with Gasteiger partial charge in [-0.3, -0.25) is 0 Å². The monoisotopic (exact) mass is 107 g/mol. The van der Waals surface area contributed by atoms with Gasteiger partial charge < -0.3 is 0 Å². The van der Waals surface area contributed by atoms with Crippen molar-refractivity contribution in [3.63, 3.8) is 0 Å². The van der Waals surface area contributed by atoms with Crippen molar-refractivity contribution in [2.45, 2.75) is 25.7 Å². The number of allylic oxidation sites excluding steroid dienone is 2. The predicted molar refractivity (Wildman–Crippen MR) is 33.3 cm³/mol. The first-order valence-electron chi connectivity index (χ1n) is 3.53. The molecule has 1 fully saturated rings. The SMILES string of the molecule is [C]1=CC2CCCC2C1. The number of rotatable bonds is 0. The van der Waals surface area contributed by atoms with Crippen LogP contribution in [0.4, 0.5) is 0 Å². The Hall–Kier alpha value is -0.260. The number of fused-ring (bicyclic) bond motifs is 1. The molecule has 0 amide bonds. The van der Waals surface area contributed by atoms with E-state index in [9.17, 15) is 0 Å². The quantitative estimate of drug-likeness (QED) is 0.445. The molecule has 0 nitrogen and oxygen atoms in total. The summed E-state index contributed by atoms with van der Waals surface area (Å²) in [7, 11) is 0. The Morgan fingerprint density at radius 2 is 2.38 bits per heavy atom. The zero-order valence-electron chi connectivity index (χ0n) is 5.06. The van der Waals surface area contributed by atoms with Crippen LogP contribution in [-0.2, 0) is 0 Å². The van der Waals surface area contributed by atoms with E-state index in [2.05, 4.69) is 12.2 Å². The van der Waals surface area contributed by atoms with Gasteiger partial charge >= 0.3 is 0 Å². The zero-order valence-corrected chi connectivity index (χ0v) is 5.06. The number of hydrogen-bond donors (Lipinski definition) is 0. The Morgan fingerprint density at radius 3 is 3.25 bits per heavy atom. The molecule has 1 radical (unpaired) electrons. The van der Waals surface area contributed by atoms with Crippen molar-refractivity contribution in [1.29, 1.82) is 0 Å². The summed E-state index contributed by atoms with van der Waals surface area (Å²) in [5.41, 5.74) is 0. The predicted octanol–water partition coefficient (Wildman–Crippen LogP) is 2.17. The van der Waals surface area contributed by atoms with Gasteiger partial charge in [-0.05, 0) is 37.2 Å². The summed E-state index contributed by atoms with van der Waals surface area (Å²) in [6, 6.07) is 0. The van der Waals surface area contributed by atoms with Gasteiger partial charge in [0, 0.05) is 0 Å². The fraction of sp³-hybridized carbons (Fsp3) is 0.750. The van der Waals surface area contributed by atoms with Crippen LogP contribution in [0.1, 0.15) is 25.7 Å². The fourth-order valence-corrected chi connectivity index (χ4v) is 1.91. The van der Waals surface area contributed by atoms with E-state index in [1.165, 1.54) is 25.7 Å². The van der Waals surface area contributed by atoms with E-state index < -0.39 is 0 Å². The Kier molecular flexibility index (Phi) is 0.927. The first kappa shape index (κ1) is 4.60. The van der Waals surface area contributed by atoms with Gasteiger partial charge in [-0.1, -0.05) is 12.5 Å². The molecule has 0 bridgehead atoms. The molecule has 1 saturated carbocycles. The highest BCUT2D eigenvalue weighted by Gasteiger charge is 2.27. The molecule has 2 aliphatic rings. The van der Waals surface area contributed by atoms with Crippen molar-refractivity contribution in [3.05, 3.63) is 12.2 Å².